The molecule has 3 heteroatoms. The molecule has 2 aliphatic rings. The molecule has 9 rings (SSSR count). The van der Waals surface area contributed by atoms with E-state index in [4.69, 9.17) is 14.2 Å². The summed E-state index contributed by atoms with van der Waals surface area (Å²) in [6.07, 6.45) is 4.53. The second-order valence-electron chi connectivity index (χ2n) is 12.3. The third kappa shape index (κ3) is 4.06. The summed E-state index contributed by atoms with van der Waals surface area (Å²) in [5.41, 5.74) is 8.79. The van der Waals surface area contributed by atoms with E-state index in [0.29, 0.717) is 0 Å². The molecule has 1 aliphatic heterocycles. The maximum absolute atomic E-state index is 7.48. The molecule has 0 bridgehead atoms. The molecule has 3 nitrogen and oxygen atoms in total. The van der Waals surface area contributed by atoms with E-state index in [1.54, 1.807) is 14.2 Å². The topological polar surface area (TPSA) is 27.7 Å². The lowest BCUT2D eigenvalue weighted by Crippen LogP contribution is -2.34. The minimum Gasteiger partial charge on any atom is -0.497 e. The monoisotopic (exact) mass is 608 g/mol. The molecule has 0 fully saturated rings. The summed E-state index contributed by atoms with van der Waals surface area (Å²) in [6.45, 7) is 0. The number of fused-ring (bicyclic) bond motifs is 10. The third-order valence-corrected chi connectivity index (χ3v) is 9.97. The maximum Gasteiger partial charge on any atom is 0.178 e. The molecule has 47 heavy (non-hydrogen) atoms. The van der Waals surface area contributed by atoms with E-state index in [2.05, 4.69) is 127 Å². The number of methoxy groups -OCH3 is 2. The molecule has 0 saturated carbocycles. The fourth-order valence-electron chi connectivity index (χ4n) is 7.80. The molecule has 0 saturated heterocycles. The van der Waals surface area contributed by atoms with Gasteiger partial charge in [0.25, 0.3) is 0 Å². The summed E-state index contributed by atoms with van der Waals surface area (Å²) in [6, 6.07) is 49.4. The van der Waals surface area contributed by atoms with E-state index in [9.17, 15) is 0 Å². The van der Waals surface area contributed by atoms with Crippen LogP contribution >= 0.6 is 0 Å². The molecule has 1 atom stereocenters. The first-order valence-corrected chi connectivity index (χ1v) is 16.0. The Morgan fingerprint density at radius 3 is 1.81 bits per heavy atom. The van der Waals surface area contributed by atoms with Gasteiger partial charge in [-0.2, -0.15) is 0 Å². The molecular weight excluding hydrogens is 576 g/mol. The zero-order chi connectivity index (χ0) is 31.5. The molecule has 1 heterocycles. The van der Waals surface area contributed by atoms with Gasteiger partial charge in [0.1, 0.15) is 17.2 Å². The van der Waals surface area contributed by atoms with Gasteiger partial charge in [0.05, 0.1) is 14.2 Å². The molecular formula is C44H32O3. The highest BCUT2D eigenvalue weighted by Crippen LogP contribution is 2.59. The third-order valence-electron chi connectivity index (χ3n) is 9.97. The predicted octanol–water partition coefficient (Wildman–Crippen LogP) is 10.5. The summed E-state index contributed by atoms with van der Waals surface area (Å²) >= 11 is 0. The van der Waals surface area contributed by atoms with Gasteiger partial charge < -0.3 is 14.2 Å². The minimum absolute atomic E-state index is 0.101. The van der Waals surface area contributed by atoms with E-state index in [1.807, 2.05) is 24.3 Å². The molecule has 1 aliphatic carbocycles. The highest BCUT2D eigenvalue weighted by atomic mass is 16.5. The van der Waals surface area contributed by atoms with Crippen molar-refractivity contribution in [3.05, 3.63) is 179 Å². The van der Waals surface area contributed by atoms with Crippen LogP contribution < -0.4 is 14.2 Å². The average Bonchev–Trinajstić information content (AvgIpc) is 3.51. The lowest BCUT2D eigenvalue weighted by Gasteiger charge is -2.37. The molecule has 0 spiro atoms. The number of hydrogen-bond donors (Lipinski definition) is 0. The largest absolute Gasteiger partial charge is 0.497 e. The van der Waals surface area contributed by atoms with Crippen LogP contribution in [0.1, 0.15) is 39.3 Å². The van der Waals surface area contributed by atoms with Gasteiger partial charge in [0.2, 0.25) is 0 Å². The van der Waals surface area contributed by atoms with Gasteiger partial charge in [-0.1, -0.05) is 115 Å². The second kappa shape index (κ2) is 10.6. The van der Waals surface area contributed by atoms with Gasteiger partial charge in [-0.15, -0.1) is 0 Å². The van der Waals surface area contributed by atoms with E-state index in [1.165, 1.54) is 44.0 Å². The van der Waals surface area contributed by atoms with Crippen LogP contribution in [-0.4, -0.2) is 14.2 Å². The van der Waals surface area contributed by atoms with Crippen LogP contribution in [0.4, 0.5) is 0 Å². The van der Waals surface area contributed by atoms with Crippen LogP contribution in [0.2, 0.25) is 0 Å². The van der Waals surface area contributed by atoms with E-state index in [0.717, 1.165) is 39.3 Å². The molecule has 1 unspecified atom stereocenters. The van der Waals surface area contributed by atoms with E-state index < -0.39 is 5.60 Å². The first kappa shape index (κ1) is 27.5. The van der Waals surface area contributed by atoms with Crippen molar-refractivity contribution in [2.24, 2.45) is 0 Å². The number of hydrogen-bond acceptors (Lipinski definition) is 3. The Labute approximate surface area is 274 Å². The van der Waals surface area contributed by atoms with Crippen LogP contribution in [0, 0.1) is 0 Å². The van der Waals surface area contributed by atoms with Crippen molar-refractivity contribution in [1.82, 2.24) is 0 Å². The summed E-state index contributed by atoms with van der Waals surface area (Å²) in [5.74, 6) is 2.60. The van der Waals surface area contributed by atoms with Crippen molar-refractivity contribution in [3.8, 4) is 28.4 Å². The Bertz CT molecular complexity index is 2290. The lowest BCUT2D eigenvalue weighted by molar-refractivity contribution is 0.163. The zero-order valence-corrected chi connectivity index (χ0v) is 26.2. The van der Waals surface area contributed by atoms with Crippen molar-refractivity contribution < 1.29 is 14.2 Å². The number of ether oxygens (including phenoxy) is 3. The summed E-state index contributed by atoms with van der Waals surface area (Å²) < 4.78 is 18.5. The lowest BCUT2D eigenvalue weighted by atomic mass is 9.80. The minimum atomic E-state index is -0.873. The smallest absolute Gasteiger partial charge is 0.178 e. The van der Waals surface area contributed by atoms with Crippen molar-refractivity contribution in [2.45, 2.75) is 11.5 Å². The fraction of sp³-hybridized carbons (Fsp3) is 0.0909. The quantitative estimate of drug-likeness (QED) is 0.195. The van der Waals surface area contributed by atoms with Gasteiger partial charge >= 0.3 is 0 Å². The Hall–Kier alpha value is -5.80. The van der Waals surface area contributed by atoms with Crippen LogP contribution in [0.5, 0.6) is 17.2 Å². The highest BCUT2D eigenvalue weighted by Gasteiger charge is 2.42. The average molecular weight is 609 g/mol. The van der Waals surface area contributed by atoms with Crippen LogP contribution in [0.15, 0.2) is 146 Å². The first-order chi connectivity index (χ1) is 23.2. The summed E-state index contributed by atoms with van der Waals surface area (Å²) in [5, 5.41) is 4.82. The Morgan fingerprint density at radius 1 is 0.553 bits per heavy atom. The number of rotatable bonds is 5. The molecule has 7 aromatic carbocycles. The maximum atomic E-state index is 7.48. The first-order valence-electron chi connectivity index (χ1n) is 16.0. The zero-order valence-electron chi connectivity index (χ0n) is 26.2. The highest BCUT2D eigenvalue weighted by molar-refractivity contribution is 6.11. The van der Waals surface area contributed by atoms with Crippen LogP contribution in [-0.2, 0) is 5.60 Å². The van der Waals surface area contributed by atoms with Gasteiger partial charge in [-0.25, -0.2) is 0 Å². The fourth-order valence-corrected chi connectivity index (χ4v) is 7.80. The Kier molecular flexibility index (Phi) is 6.23. The van der Waals surface area contributed by atoms with Gasteiger partial charge in [0.15, 0.2) is 5.60 Å². The van der Waals surface area contributed by atoms with Gasteiger partial charge in [-0.3, -0.25) is 0 Å². The molecule has 0 aromatic heterocycles. The van der Waals surface area contributed by atoms with Crippen LogP contribution in [0.25, 0.3) is 38.7 Å². The van der Waals surface area contributed by atoms with Crippen molar-refractivity contribution >= 4 is 27.6 Å². The van der Waals surface area contributed by atoms with E-state index in [-0.39, 0.29) is 5.92 Å². The molecule has 226 valence electrons. The summed E-state index contributed by atoms with van der Waals surface area (Å²) in [4.78, 5) is 0. The number of benzene rings is 7. The van der Waals surface area contributed by atoms with Crippen molar-refractivity contribution in [3.63, 3.8) is 0 Å². The second-order valence-corrected chi connectivity index (χ2v) is 12.3. The predicted molar refractivity (Wildman–Crippen MR) is 191 cm³/mol. The Balaban J connectivity index is 1.37. The molecule has 0 radical (unpaired) electrons. The van der Waals surface area contributed by atoms with E-state index >= 15 is 0 Å². The summed E-state index contributed by atoms with van der Waals surface area (Å²) in [7, 11) is 3.39. The standard InChI is InChI=1S/C44H32O3/c1-45-32-21-17-30(18-22-32)44(31-19-23-33(46-2)24-20-31)27-26-38-42-40-34-13-7-6-10-28(34)16-25-37(40)39(29-11-4-3-5-12-29)41(42)35-14-8-9-15-36(35)43(38)47-44/h3-27,39H,1-2H3. The molecule has 0 amide bonds. The normalized spacial score (nSPS) is 15.5. The molecule has 0 N–H and O–H groups in total. The SMILES string of the molecule is COc1ccc(C2(c3ccc(OC)cc3)C=Cc3c4c(c5ccccc5c3O2)C(c2ccccc2)c2ccc3ccccc3c2-4)cc1. The molecule has 7 aromatic rings. The van der Waals surface area contributed by atoms with Crippen molar-refractivity contribution in [2.75, 3.05) is 14.2 Å². The van der Waals surface area contributed by atoms with Crippen LogP contribution in [0.3, 0.4) is 0 Å². The Morgan fingerprint density at radius 2 is 1.15 bits per heavy atom. The van der Waals surface area contributed by atoms with Gasteiger partial charge in [-0.05, 0) is 80.4 Å². The van der Waals surface area contributed by atoms with Gasteiger partial charge in [0, 0.05) is 28.0 Å². The van der Waals surface area contributed by atoms with Crippen molar-refractivity contribution in [1.29, 1.82) is 0 Å².